The lowest BCUT2D eigenvalue weighted by molar-refractivity contribution is -0.138. The van der Waals surface area contributed by atoms with Crippen molar-refractivity contribution in [3.8, 4) is 0 Å². The molecule has 2 aliphatic rings. The highest BCUT2D eigenvalue weighted by Gasteiger charge is 2.35. The number of aliphatic carboxylic acids is 1. The maximum absolute atomic E-state index is 14.4. The SMILES string of the molecule is COC(=O)C1=C(CN2CCO[C@H](CCC(=O)O)C2)NC(c2nccs2)=N[C@H]1c1cccc(F)c1Br. The number of carboxylic acid groups (broad SMARTS) is 1. The van der Waals surface area contributed by atoms with Gasteiger partial charge in [-0.1, -0.05) is 12.1 Å². The fourth-order valence-electron chi connectivity index (χ4n) is 4.08. The number of ether oxygens (including phenoxy) is 2. The van der Waals surface area contributed by atoms with Gasteiger partial charge < -0.3 is 19.9 Å². The number of aromatic nitrogens is 1. The fourth-order valence-corrected chi connectivity index (χ4v) is 5.15. The van der Waals surface area contributed by atoms with Crippen molar-refractivity contribution in [2.24, 2.45) is 4.99 Å². The van der Waals surface area contributed by atoms with Crippen LogP contribution in [0.2, 0.25) is 0 Å². The number of amidine groups is 1. The zero-order valence-electron chi connectivity index (χ0n) is 18.9. The van der Waals surface area contributed by atoms with Crippen LogP contribution in [0.3, 0.4) is 0 Å². The van der Waals surface area contributed by atoms with Crippen LogP contribution in [0.5, 0.6) is 0 Å². The number of aliphatic imine (C=N–C) groups is 1. The summed E-state index contributed by atoms with van der Waals surface area (Å²) in [6.07, 6.45) is 1.84. The van der Waals surface area contributed by atoms with Crippen LogP contribution in [0.25, 0.3) is 0 Å². The molecule has 0 saturated carbocycles. The third kappa shape index (κ3) is 5.95. The van der Waals surface area contributed by atoms with E-state index in [0.29, 0.717) is 54.8 Å². The summed E-state index contributed by atoms with van der Waals surface area (Å²) in [7, 11) is 1.29. The van der Waals surface area contributed by atoms with Crippen LogP contribution in [-0.4, -0.2) is 72.2 Å². The van der Waals surface area contributed by atoms with Crippen molar-refractivity contribution in [1.29, 1.82) is 0 Å². The molecular weight excluding hydrogens is 543 g/mol. The van der Waals surface area contributed by atoms with Crippen molar-refractivity contribution in [3.05, 3.63) is 61.9 Å². The van der Waals surface area contributed by atoms with E-state index in [9.17, 15) is 14.0 Å². The van der Waals surface area contributed by atoms with Gasteiger partial charge in [0.2, 0.25) is 0 Å². The van der Waals surface area contributed by atoms with Gasteiger partial charge in [0.05, 0.1) is 29.9 Å². The number of methoxy groups -OCH3 is 1. The van der Waals surface area contributed by atoms with Gasteiger partial charge in [-0.05, 0) is 34.0 Å². The molecule has 0 radical (unpaired) electrons. The summed E-state index contributed by atoms with van der Waals surface area (Å²) in [5.41, 5.74) is 1.32. The van der Waals surface area contributed by atoms with Crippen LogP contribution in [0, 0.1) is 5.82 Å². The van der Waals surface area contributed by atoms with E-state index in [0.717, 1.165) is 0 Å². The van der Waals surface area contributed by atoms with Gasteiger partial charge in [0.15, 0.2) is 10.8 Å². The van der Waals surface area contributed by atoms with Crippen molar-refractivity contribution in [3.63, 3.8) is 0 Å². The Balaban J connectivity index is 1.71. The van der Waals surface area contributed by atoms with Gasteiger partial charge in [-0.25, -0.2) is 14.2 Å². The summed E-state index contributed by atoms with van der Waals surface area (Å²) in [5.74, 6) is -1.44. The van der Waals surface area contributed by atoms with Crippen LogP contribution < -0.4 is 5.32 Å². The smallest absolute Gasteiger partial charge is 0.338 e. The third-order valence-electron chi connectivity index (χ3n) is 5.73. The Labute approximate surface area is 213 Å². The highest BCUT2D eigenvalue weighted by molar-refractivity contribution is 9.10. The quantitative estimate of drug-likeness (QED) is 0.468. The minimum absolute atomic E-state index is 0.0173. The van der Waals surface area contributed by atoms with E-state index in [4.69, 9.17) is 19.6 Å². The highest BCUT2D eigenvalue weighted by atomic mass is 79.9. The first-order valence-corrected chi connectivity index (χ1v) is 12.6. The van der Waals surface area contributed by atoms with Crippen molar-refractivity contribution < 1.29 is 28.6 Å². The average molecular weight is 567 g/mol. The number of rotatable bonds is 8. The molecule has 4 rings (SSSR count). The summed E-state index contributed by atoms with van der Waals surface area (Å²) < 4.78 is 25.5. The molecule has 3 heterocycles. The van der Waals surface area contributed by atoms with Crippen LogP contribution in [-0.2, 0) is 19.1 Å². The first-order valence-electron chi connectivity index (χ1n) is 10.9. The van der Waals surface area contributed by atoms with Gasteiger partial charge in [-0.2, -0.15) is 0 Å². The summed E-state index contributed by atoms with van der Waals surface area (Å²) in [4.78, 5) is 35.2. The molecule has 35 heavy (non-hydrogen) atoms. The molecule has 2 N–H and O–H groups in total. The lowest BCUT2D eigenvalue weighted by Gasteiger charge is -2.35. The number of esters is 1. The first-order chi connectivity index (χ1) is 16.9. The largest absolute Gasteiger partial charge is 0.481 e. The second-order valence-corrected chi connectivity index (χ2v) is 9.72. The van der Waals surface area contributed by atoms with Crippen molar-refractivity contribution >= 4 is 45.0 Å². The molecular formula is C23H24BrFN4O5S. The predicted molar refractivity (Wildman–Crippen MR) is 131 cm³/mol. The fraction of sp³-hybridized carbons (Fsp3) is 0.391. The Morgan fingerprint density at radius 2 is 2.26 bits per heavy atom. The molecule has 2 aromatic rings. The van der Waals surface area contributed by atoms with Gasteiger partial charge in [0, 0.05) is 43.3 Å². The third-order valence-corrected chi connectivity index (χ3v) is 7.34. The molecule has 0 bridgehead atoms. The Morgan fingerprint density at radius 1 is 1.43 bits per heavy atom. The minimum atomic E-state index is -0.872. The second-order valence-electron chi connectivity index (χ2n) is 8.03. The zero-order valence-corrected chi connectivity index (χ0v) is 21.3. The number of morpholine rings is 1. The maximum Gasteiger partial charge on any atom is 0.338 e. The number of carbonyl (C=O) groups excluding carboxylic acids is 1. The van der Waals surface area contributed by atoms with Gasteiger partial charge in [-0.15, -0.1) is 11.3 Å². The second kappa shape index (κ2) is 11.4. The maximum atomic E-state index is 14.4. The normalized spacial score (nSPS) is 20.8. The molecule has 1 aromatic carbocycles. The summed E-state index contributed by atoms with van der Waals surface area (Å²) in [6, 6.07) is 3.78. The van der Waals surface area contributed by atoms with Gasteiger partial charge >= 0.3 is 11.9 Å². The van der Waals surface area contributed by atoms with Gasteiger partial charge in [0.25, 0.3) is 0 Å². The molecule has 2 atom stereocenters. The molecule has 9 nitrogen and oxygen atoms in total. The molecule has 12 heteroatoms. The Morgan fingerprint density at radius 3 is 2.97 bits per heavy atom. The van der Waals surface area contributed by atoms with E-state index in [-0.39, 0.29) is 22.6 Å². The van der Waals surface area contributed by atoms with Gasteiger partial charge in [-0.3, -0.25) is 14.7 Å². The molecule has 1 fully saturated rings. The molecule has 0 amide bonds. The number of hydrogen-bond acceptors (Lipinski definition) is 9. The van der Waals surface area contributed by atoms with Crippen molar-refractivity contribution in [1.82, 2.24) is 15.2 Å². The molecule has 0 aliphatic carbocycles. The Hall–Kier alpha value is -2.67. The number of nitrogens with one attached hydrogen (secondary N) is 1. The van der Waals surface area contributed by atoms with E-state index < -0.39 is 23.8 Å². The number of nitrogens with zero attached hydrogens (tertiary/aromatic N) is 3. The van der Waals surface area contributed by atoms with E-state index in [1.807, 2.05) is 5.38 Å². The topological polar surface area (TPSA) is 113 Å². The van der Waals surface area contributed by atoms with Crippen LogP contribution in [0.1, 0.15) is 29.5 Å². The zero-order chi connectivity index (χ0) is 24.9. The molecule has 1 saturated heterocycles. The number of carbonyl (C=O) groups is 2. The Kier molecular flexibility index (Phi) is 8.26. The lowest BCUT2D eigenvalue weighted by Crippen LogP contribution is -2.46. The molecule has 0 spiro atoms. The molecule has 186 valence electrons. The summed E-state index contributed by atoms with van der Waals surface area (Å²) in [5, 5.41) is 14.7. The highest BCUT2D eigenvalue weighted by Crippen LogP contribution is 2.37. The number of hydrogen-bond donors (Lipinski definition) is 2. The standard InChI is InChI=1S/C23H24BrFN4O5S/c1-33-23(32)18-16(12-29-8-9-34-13(11-29)5-6-17(30)31)27-21(22-26-7-10-35-22)28-20(18)14-3-2-4-15(25)19(14)24/h2-4,7,10,13,20H,5-6,8-9,11-12H2,1H3,(H,27,28)(H,30,31)/t13-,20+/m1/s1. The molecule has 1 aromatic heterocycles. The number of carboxylic acids is 1. The average Bonchev–Trinajstić information content (AvgIpc) is 3.39. The molecule has 0 unspecified atom stereocenters. The first kappa shape index (κ1) is 25.4. The van der Waals surface area contributed by atoms with Crippen molar-refractivity contribution in [2.45, 2.75) is 25.0 Å². The van der Waals surface area contributed by atoms with Gasteiger partial charge in [0.1, 0.15) is 11.9 Å². The van der Waals surface area contributed by atoms with E-state index in [1.54, 1.807) is 18.3 Å². The Bertz CT molecular complexity index is 1160. The molecule has 2 aliphatic heterocycles. The minimum Gasteiger partial charge on any atom is -0.481 e. The monoisotopic (exact) mass is 566 g/mol. The summed E-state index contributed by atoms with van der Waals surface area (Å²) in [6.45, 7) is 1.88. The number of benzene rings is 1. The van der Waals surface area contributed by atoms with E-state index >= 15 is 0 Å². The van der Waals surface area contributed by atoms with E-state index in [1.165, 1.54) is 24.5 Å². The summed E-state index contributed by atoms with van der Waals surface area (Å²) >= 11 is 4.70. The predicted octanol–water partition coefficient (Wildman–Crippen LogP) is 3.13. The van der Waals surface area contributed by atoms with Crippen LogP contribution >= 0.6 is 27.3 Å². The van der Waals surface area contributed by atoms with Crippen LogP contribution in [0.15, 0.2) is 50.5 Å². The van der Waals surface area contributed by atoms with E-state index in [2.05, 4.69) is 31.1 Å². The number of halogens is 2. The van der Waals surface area contributed by atoms with Crippen molar-refractivity contribution in [2.75, 3.05) is 33.4 Å². The number of thiazole rings is 1. The lowest BCUT2D eigenvalue weighted by atomic mass is 9.95. The van der Waals surface area contributed by atoms with Crippen LogP contribution in [0.4, 0.5) is 4.39 Å².